The Morgan fingerprint density at radius 2 is 2.20 bits per heavy atom. The molecule has 1 N–H and O–H groups in total. The first-order chi connectivity index (χ1) is 11.4. The maximum Gasteiger partial charge on any atom is 0.193 e. The zero-order valence-corrected chi connectivity index (χ0v) is 19.3. The van der Waals surface area contributed by atoms with Gasteiger partial charge in [-0.1, -0.05) is 41.9 Å². The molecular weight excluding hydrogens is 493 g/mol. The van der Waals surface area contributed by atoms with E-state index in [1.165, 1.54) is 18.4 Å². The van der Waals surface area contributed by atoms with E-state index in [2.05, 4.69) is 69.3 Å². The van der Waals surface area contributed by atoms with Crippen LogP contribution >= 0.6 is 39.9 Å². The Balaban J connectivity index is 0.00000225. The molecule has 2 fully saturated rings. The Morgan fingerprint density at radius 3 is 2.84 bits per heavy atom. The van der Waals surface area contributed by atoms with Crippen LogP contribution in [0, 0.1) is 5.41 Å². The summed E-state index contributed by atoms with van der Waals surface area (Å²) >= 11 is 3.57. The number of hydrogen-bond donors (Lipinski definition) is 1. The molecular formula is C19H29BrIN3O. The van der Waals surface area contributed by atoms with Crippen molar-refractivity contribution in [3.8, 4) is 0 Å². The molecule has 0 aromatic heterocycles. The second-order valence-corrected chi connectivity index (χ2v) is 8.68. The fourth-order valence-electron chi connectivity index (χ4n) is 3.73. The molecule has 2 aliphatic rings. The molecule has 3 rings (SSSR count). The minimum Gasteiger partial charge on any atom is -0.381 e. The highest BCUT2D eigenvalue weighted by atomic mass is 127. The van der Waals surface area contributed by atoms with Gasteiger partial charge in [0.1, 0.15) is 0 Å². The summed E-state index contributed by atoms with van der Waals surface area (Å²) in [5, 5.41) is 3.60. The van der Waals surface area contributed by atoms with Gasteiger partial charge >= 0.3 is 0 Å². The van der Waals surface area contributed by atoms with Gasteiger partial charge in [-0.05, 0) is 30.5 Å². The smallest absolute Gasteiger partial charge is 0.193 e. The average molecular weight is 522 g/mol. The zero-order valence-electron chi connectivity index (χ0n) is 15.3. The predicted octanol–water partition coefficient (Wildman–Crippen LogP) is 4.03. The molecule has 4 nitrogen and oxygen atoms in total. The number of nitrogens with one attached hydrogen (secondary N) is 1. The molecule has 0 saturated carbocycles. The van der Waals surface area contributed by atoms with Crippen LogP contribution in [0.3, 0.4) is 0 Å². The number of hydrogen-bond acceptors (Lipinski definition) is 2. The standard InChI is InChI=1S/C19H28BrN3O.HI/c1-18(2,15-5-4-6-16(20)11-15)12-22-17(21-3)23-9-7-19(13-23)8-10-24-14-19;/h4-6,11H,7-10,12-14H2,1-3H3,(H,21,22);1H. The van der Waals surface area contributed by atoms with Gasteiger partial charge in [0.15, 0.2) is 5.96 Å². The van der Waals surface area contributed by atoms with Crippen LogP contribution < -0.4 is 5.32 Å². The SMILES string of the molecule is CN=C(NCC(C)(C)c1cccc(Br)c1)N1CCC2(CCOC2)C1.I. The summed E-state index contributed by atoms with van der Waals surface area (Å²) in [5.41, 5.74) is 1.72. The van der Waals surface area contributed by atoms with E-state index < -0.39 is 0 Å². The van der Waals surface area contributed by atoms with Crippen molar-refractivity contribution in [2.24, 2.45) is 10.4 Å². The first-order valence-corrected chi connectivity index (χ1v) is 9.53. The molecule has 1 spiro atoms. The van der Waals surface area contributed by atoms with Crippen molar-refractivity contribution in [3.63, 3.8) is 0 Å². The maximum absolute atomic E-state index is 5.64. The lowest BCUT2D eigenvalue weighted by Gasteiger charge is -2.30. The topological polar surface area (TPSA) is 36.9 Å². The van der Waals surface area contributed by atoms with E-state index >= 15 is 0 Å². The molecule has 2 heterocycles. The van der Waals surface area contributed by atoms with Crippen molar-refractivity contribution >= 4 is 45.9 Å². The Labute approximate surface area is 176 Å². The van der Waals surface area contributed by atoms with Crippen molar-refractivity contribution in [1.29, 1.82) is 0 Å². The van der Waals surface area contributed by atoms with E-state index in [1.807, 2.05) is 7.05 Å². The molecule has 0 aliphatic carbocycles. The monoisotopic (exact) mass is 521 g/mol. The molecule has 1 aromatic rings. The van der Waals surface area contributed by atoms with Gasteiger partial charge in [0.05, 0.1) is 6.61 Å². The molecule has 1 unspecified atom stereocenters. The van der Waals surface area contributed by atoms with Crippen LogP contribution in [0.15, 0.2) is 33.7 Å². The van der Waals surface area contributed by atoms with Crippen LogP contribution in [0.25, 0.3) is 0 Å². The van der Waals surface area contributed by atoms with Crippen molar-refractivity contribution in [3.05, 3.63) is 34.3 Å². The lowest BCUT2D eigenvalue weighted by molar-refractivity contribution is 0.156. The van der Waals surface area contributed by atoms with Gasteiger partial charge in [-0.2, -0.15) is 0 Å². The second kappa shape index (κ2) is 8.57. The van der Waals surface area contributed by atoms with Crippen molar-refractivity contribution in [2.45, 2.75) is 32.1 Å². The number of guanidine groups is 1. The fraction of sp³-hybridized carbons (Fsp3) is 0.632. The minimum atomic E-state index is 0. The Morgan fingerprint density at radius 1 is 1.40 bits per heavy atom. The molecule has 1 aromatic carbocycles. The van der Waals surface area contributed by atoms with E-state index in [0.717, 1.165) is 43.3 Å². The number of halogens is 2. The van der Waals surface area contributed by atoms with Crippen LogP contribution in [-0.4, -0.2) is 50.8 Å². The molecule has 25 heavy (non-hydrogen) atoms. The predicted molar refractivity (Wildman–Crippen MR) is 118 cm³/mol. The summed E-state index contributed by atoms with van der Waals surface area (Å²) in [6.07, 6.45) is 2.40. The van der Waals surface area contributed by atoms with E-state index in [-0.39, 0.29) is 29.4 Å². The van der Waals surface area contributed by atoms with Gasteiger partial charge in [0.25, 0.3) is 0 Å². The van der Waals surface area contributed by atoms with E-state index in [4.69, 9.17) is 4.74 Å². The van der Waals surface area contributed by atoms with E-state index in [1.54, 1.807) is 0 Å². The van der Waals surface area contributed by atoms with Gasteiger partial charge in [0, 0.05) is 48.6 Å². The highest BCUT2D eigenvalue weighted by Gasteiger charge is 2.42. The highest BCUT2D eigenvalue weighted by molar-refractivity contribution is 14.0. The van der Waals surface area contributed by atoms with Crippen molar-refractivity contribution < 1.29 is 4.74 Å². The van der Waals surface area contributed by atoms with Gasteiger partial charge in [0.2, 0.25) is 0 Å². The normalized spacial score (nSPS) is 23.8. The number of aliphatic imine (C=N–C) groups is 1. The average Bonchev–Trinajstić information content (AvgIpc) is 3.19. The number of benzene rings is 1. The van der Waals surface area contributed by atoms with Crippen LogP contribution in [0.4, 0.5) is 0 Å². The third-order valence-corrected chi connectivity index (χ3v) is 5.92. The second-order valence-electron chi connectivity index (χ2n) is 7.77. The first kappa shape index (κ1) is 21.0. The molecule has 1 atom stereocenters. The van der Waals surface area contributed by atoms with Gasteiger partial charge in [-0.3, -0.25) is 4.99 Å². The molecule has 140 valence electrons. The number of ether oxygens (including phenoxy) is 1. The van der Waals surface area contributed by atoms with Gasteiger partial charge < -0.3 is 15.0 Å². The quantitative estimate of drug-likeness (QED) is 0.370. The van der Waals surface area contributed by atoms with Crippen LogP contribution in [0.5, 0.6) is 0 Å². The van der Waals surface area contributed by atoms with E-state index in [0.29, 0.717) is 5.41 Å². The Kier molecular flexibility index (Phi) is 7.18. The largest absolute Gasteiger partial charge is 0.381 e. The maximum atomic E-state index is 5.64. The summed E-state index contributed by atoms with van der Waals surface area (Å²) in [6, 6.07) is 8.56. The summed E-state index contributed by atoms with van der Waals surface area (Å²) in [5.74, 6) is 1.02. The Hall–Kier alpha value is -0.340. The number of rotatable bonds is 3. The summed E-state index contributed by atoms with van der Waals surface area (Å²) in [4.78, 5) is 6.91. The first-order valence-electron chi connectivity index (χ1n) is 8.74. The lowest BCUT2D eigenvalue weighted by Crippen LogP contribution is -2.45. The number of nitrogens with zero attached hydrogens (tertiary/aromatic N) is 2. The molecule has 2 aliphatic heterocycles. The fourth-order valence-corrected chi connectivity index (χ4v) is 4.13. The third kappa shape index (κ3) is 4.89. The minimum absolute atomic E-state index is 0. The van der Waals surface area contributed by atoms with Crippen LogP contribution in [0.1, 0.15) is 32.3 Å². The van der Waals surface area contributed by atoms with Crippen LogP contribution in [0.2, 0.25) is 0 Å². The molecule has 0 amide bonds. The molecule has 6 heteroatoms. The van der Waals surface area contributed by atoms with Crippen molar-refractivity contribution in [2.75, 3.05) is 39.9 Å². The molecule has 0 radical (unpaired) electrons. The number of likely N-dealkylation sites (tertiary alicyclic amines) is 1. The molecule has 0 bridgehead atoms. The Bertz CT molecular complexity index is 614. The zero-order chi connectivity index (χ0) is 17.2. The van der Waals surface area contributed by atoms with Crippen LogP contribution in [-0.2, 0) is 10.2 Å². The summed E-state index contributed by atoms with van der Waals surface area (Å²) in [6.45, 7) is 9.34. The van der Waals surface area contributed by atoms with Gasteiger partial charge in [-0.15, -0.1) is 24.0 Å². The highest BCUT2D eigenvalue weighted by Crippen LogP contribution is 2.38. The lowest BCUT2D eigenvalue weighted by atomic mass is 9.84. The third-order valence-electron chi connectivity index (χ3n) is 5.43. The van der Waals surface area contributed by atoms with Gasteiger partial charge in [-0.25, -0.2) is 0 Å². The molecule has 2 saturated heterocycles. The van der Waals surface area contributed by atoms with Crippen molar-refractivity contribution in [1.82, 2.24) is 10.2 Å². The summed E-state index contributed by atoms with van der Waals surface area (Å²) < 4.78 is 6.76. The van der Waals surface area contributed by atoms with E-state index in [9.17, 15) is 0 Å². The summed E-state index contributed by atoms with van der Waals surface area (Å²) in [7, 11) is 1.88.